The van der Waals surface area contributed by atoms with E-state index in [1.807, 2.05) is 77.2 Å². The smallest absolute Gasteiger partial charge is 0.309 e. The molecule has 0 radical (unpaired) electrons. The molecule has 9 atom stereocenters. The number of carboxylic acid groups (broad SMARTS) is 1. The Hall–Kier alpha value is -3.82. The number of benzene rings is 2. The van der Waals surface area contributed by atoms with Crippen molar-refractivity contribution in [2.45, 2.75) is 146 Å². The molecule has 0 aliphatic heterocycles. The second-order valence-corrected chi connectivity index (χ2v) is 21.4. The molecular weight excluding hydrogens is 826 g/mol. The number of halogens is 1. The van der Waals surface area contributed by atoms with E-state index in [4.69, 9.17) is 18.9 Å². The first-order chi connectivity index (χ1) is 29.7. The van der Waals surface area contributed by atoms with E-state index in [0.29, 0.717) is 45.2 Å². The molecule has 64 heavy (non-hydrogen) atoms. The van der Waals surface area contributed by atoms with Crippen LogP contribution in [0.1, 0.15) is 145 Å². The predicted octanol–water partition coefficient (Wildman–Crippen LogP) is 12.3. The minimum atomic E-state index is -0.711. The molecule has 2 N–H and O–H groups in total. The van der Waals surface area contributed by atoms with Crippen LogP contribution in [0.2, 0.25) is 0 Å². The Kier molecular flexibility index (Phi) is 14.3. The molecule has 8 rings (SSSR count). The highest BCUT2D eigenvalue weighted by Gasteiger charge is 2.70. The molecule has 4 saturated carbocycles. The summed E-state index contributed by atoms with van der Waals surface area (Å²) in [5, 5.41) is 23.1. The third-order valence-electron chi connectivity index (χ3n) is 17.6. The maximum absolute atomic E-state index is 14.2. The van der Waals surface area contributed by atoms with Gasteiger partial charge < -0.3 is 29.2 Å². The number of aliphatic hydroxyl groups is 1. The van der Waals surface area contributed by atoms with Crippen LogP contribution < -0.4 is 18.9 Å². The molecule has 3 aromatic rings. The van der Waals surface area contributed by atoms with Gasteiger partial charge in [-0.2, -0.15) is 0 Å². The fourth-order valence-electron chi connectivity index (χ4n) is 13.7. The summed E-state index contributed by atoms with van der Waals surface area (Å²) in [6.45, 7) is 26.1. The Morgan fingerprint density at radius 2 is 1.36 bits per heavy atom. The number of aliphatic hydroxyl groups excluding tert-OH is 1. The number of nitrogens with zero attached hydrogens (tertiary/aromatic N) is 1. The molecule has 0 amide bonds. The van der Waals surface area contributed by atoms with Crippen molar-refractivity contribution in [3.8, 4) is 23.0 Å². The third kappa shape index (κ3) is 8.32. The van der Waals surface area contributed by atoms with Gasteiger partial charge in [0, 0.05) is 23.9 Å². The molecule has 5 aliphatic carbocycles. The Morgan fingerprint density at radius 1 is 0.750 bits per heavy atom. The highest BCUT2D eigenvalue weighted by molar-refractivity contribution is 5.96. The number of pyridine rings is 1. The molecule has 0 bridgehead atoms. The number of carbonyl (C=O) groups is 2. The molecule has 9 nitrogen and oxygen atoms in total. The average molecular weight is 903 g/mol. The summed E-state index contributed by atoms with van der Waals surface area (Å²) < 4.78 is 23.0. The zero-order valence-corrected chi connectivity index (χ0v) is 41.3. The van der Waals surface area contributed by atoms with E-state index in [9.17, 15) is 19.8 Å². The van der Waals surface area contributed by atoms with Crippen LogP contribution in [0.5, 0.6) is 23.0 Å². The van der Waals surface area contributed by atoms with E-state index in [1.54, 1.807) is 0 Å². The third-order valence-corrected chi connectivity index (χ3v) is 17.6. The van der Waals surface area contributed by atoms with Gasteiger partial charge in [0.1, 0.15) is 0 Å². The zero-order chi connectivity index (χ0) is 45.8. The standard InChI is InChI=1S/C30H46O4.C24H29NO4.ClH/c1-25(2)21-8-11-30(7)23(28(21,5)10-9-22(25)32)20(31)16-18-19-17-27(4,24(33)34)13-12-26(19,3)14-15-29(18,30)6;1-5-26-21-10-9-17(14-22(21)27-6-2)13-20-19-16-24(29-8-4)23(28-7-3)15-18(19)11-12-25-20;/h16,19,21-23,32H,8-15,17H2,1-7H3,(H,33,34);9-12,14-16H,5-8,13H2,1-4H3;1H. The minimum Gasteiger partial charge on any atom is -0.490 e. The Labute approximate surface area is 388 Å². The van der Waals surface area contributed by atoms with Gasteiger partial charge in [0.25, 0.3) is 0 Å². The quantitative estimate of drug-likeness (QED) is 0.193. The van der Waals surface area contributed by atoms with E-state index in [-0.39, 0.29) is 63.2 Å². The Bertz CT molecular complexity index is 2240. The van der Waals surface area contributed by atoms with Gasteiger partial charge in [-0.05, 0) is 179 Å². The number of ketones is 1. The number of hydrogen-bond acceptors (Lipinski definition) is 8. The van der Waals surface area contributed by atoms with E-state index >= 15 is 0 Å². The van der Waals surface area contributed by atoms with Crippen molar-refractivity contribution in [1.29, 1.82) is 0 Å². The monoisotopic (exact) mass is 902 g/mol. The van der Waals surface area contributed by atoms with Crippen LogP contribution in [0.15, 0.2) is 54.2 Å². The lowest BCUT2D eigenvalue weighted by Gasteiger charge is -2.70. The average Bonchev–Trinajstić information content (AvgIpc) is 3.23. The number of aromatic nitrogens is 1. The van der Waals surface area contributed by atoms with Gasteiger partial charge in [0.15, 0.2) is 28.8 Å². The summed E-state index contributed by atoms with van der Waals surface area (Å²) in [5.74, 6) is 3.10. The number of carboxylic acids is 1. The lowest BCUT2D eigenvalue weighted by Crippen LogP contribution is -2.66. The predicted molar refractivity (Wildman–Crippen MR) is 256 cm³/mol. The molecule has 9 unspecified atom stereocenters. The number of carbonyl (C=O) groups excluding carboxylic acids is 1. The molecule has 2 aromatic carbocycles. The van der Waals surface area contributed by atoms with Crippen LogP contribution in [0.4, 0.5) is 0 Å². The number of fused-ring (bicyclic) bond motifs is 8. The highest BCUT2D eigenvalue weighted by Crippen LogP contribution is 2.75. The molecule has 4 fully saturated rings. The maximum atomic E-state index is 14.2. The van der Waals surface area contributed by atoms with Gasteiger partial charge >= 0.3 is 5.97 Å². The lowest BCUT2D eigenvalue weighted by atomic mass is 9.33. The minimum absolute atomic E-state index is 0. The van der Waals surface area contributed by atoms with Crippen molar-refractivity contribution in [2.75, 3.05) is 26.4 Å². The SMILES string of the molecule is CC1(C(=O)O)CCC2(C)CCC3(C)C(=CC(=O)C4C5(C)CCC(O)C(C)(C)C5CCC43C)C2C1.CCOc1ccc(Cc2nccc3cc(OCC)c(OCC)cc23)cc1OCC.Cl. The van der Waals surface area contributed by atoms with Gasteiger partial charge in [-0.3, -0.25) is 14.6 Å². The highest BCUT2D eigenvalue weighted by atomic mass is 35.5. The molecule has 0 saturated heterocycles. The van der Waals surface area contributed by atoms with Crippen molar-refractivity contribution in [3.05, 3.63) is 65.5 Å². The summed E-state index contributed by atoms with van der Waals surface area (Å²) in [6.07, 6.45) is 12.5. The fraction of sp³-hybridized carbons (Fsp3) is 0.648. The molecule has 352 valence electrons. The Balaban J connectivity index is 0.000000212. The summed E-state index contributed by atoms with van der Waals surface area (Å²) in [7, 11) is 0. The van der Waals surface area contributed by atoms with Crippen LogP contribution in [-0.4, -0.2) is 59.5 Å². The van der Waals surface area contributed by atoms with Crippen molar-refractivity contribution in [3.63, 3.8) is 0 Å². The van der Waals surface area contributed by atoms with Crippen molar-refractivity contribution >= 4 is 34.9 Å². The van der Waals surface area contributed by atoms with Crippen LogP contribution in [0, 0.1) is 50.2 Å². The number of hydrogen-bond donors (Lipinski definition) is 2. The van der Waals surface area contributed by atoms with Gasteiger partial charge in [0.05, 0.1) is 43.6 Å². The number of rotatable bonds is 11. The maximum Gasteiger partial charge on any atom is 0.309 e. The first kappa shape index (κ1) is 49.6. The second-order valence-electron chi connectivity index (χ2n) is 21.4. The van der Waals surface area contributed by atoms with E-state index < -0.39 is 11.4 Å². The molecular formula is C54H76ClNO8. The lowest BCUT2D eigenvalue weighted by molar-refractivity contribution is -0.202. The zero-order valence-electron chi connectivity index (χ0n) is 40.5. The normalized spacial score (nSPS) is 33.6. The first-order valence-electron chi connectivity index (χ1n) is 24.0. The Morgan fingerprint density at radius 3 is 2.00 bits per heavy atom. The van der Waals surface area contributed by atoms with Gasteiger partial charge in [0.2, 0.25) is 0 Å². The van der Waals surface area contributed by atoms with Gasteiger partial charge in [-0.1, -0.05) is 53.2 Å². The van der Waals surface area contributed by atoms with E-state index in [2.05, 4.69) is 52.6 Å². The van der Waals surface area contributed by atoms with E-state index in [0.717, 1.165) is 96.4 Å². The molecule has 1 aromatic heterocycles. The number of allylic oxidation sites excluding steroid dienone is 2. The molecule has 0 spiro atoms. The van der Waals surface area contributed by atoms with Crippen molar-refractivity contribution in [2.24, 2.45) is 50.2 Å². The number of aliphatic carboxylic acids is 1. The summed E-state index contributed by atoms with van der Waals surface area (Å²) in [5.41, 5.74) is 2.24. The van der Waals surface area contributed by atoms with E-state index in [1.165, 1.54) is 5.57 Å². The van der Waals surface area contributed by atoms with Crippen LogP contribution in [0.3, 0.4) is 0 Å². The van der Waals surface area contributed by atoms with Crippen LogP contribution in [0.25, 0.3) is 10.8 Å². The molecule has 1 heterocycles. The topological polar surface area (TPSA) is 124 Å². The fourth-order valence-corrected chi connectivity index (χ4v) is 13.7. The van der Waals surface area contributed by atoms with Gasteiger partial charge in [-0.15, -0.1) is 12.4 Å². The van der Waals surface area contributed by atoms with Crippen LogP contribution in [-0.2, 0) is 16.0 Å². The largest absolute Gasteiger partial charge is 0.490 e. The second kappa shape index (κ2) is 18.5. The van der Waals surface area contributed by atoms with Crippen molar-refractivity contribution in [1.82, 2.24) is 4.98 Å². The summed E-state index contributed by atoms with van der Waals surface area (Å²) in [4.78, 5) is 31.1. The van der Waals surface area contributed by atoms with Crippen molar-refractivity contribution < 1.29 is 38.7 Å². The first-order valence-corrected chi connectivity index (χ1v) is 24.0. The summed E-state index contributed by atoms with van der Waals surface area (Å²) >= 11 is 0. The number of ether oxygens (including phenoxy) is 4. The molecule has 10 heteroatoms. The van der Waals surface area contributed by atoms with Crippen LogP contribution >= 0.6 is 12.4 Å². The molecule has 5 aliphatic rings. The van der Waals surface area contributed by atoms with Gasteiger partial charge in [-0.25, -0.2) is 0 Å². The summed E-state index contributed by atoms with van der Waals surface area (Å²) in [6, 6.07) is 12.1.